The average molecular weight is 480 g/mol. The molecule has 3 aromatic rings. The Labute approximate surface area is 207 Å². The summed E-state index contributed by atoms with van der Waals surface area (Å²) >= 11 is 0. The molecule has 8 heteroatoms. The molecular formula is C27H37N5O3. The van der Waals surface area contributed by atoms with Crippen molar-refractivity contribution in [3.63, 3.8) is 0 Å². The van der Waals surface area contributed by atoms with Gasteiger partial charge in [0, 0.05) is 55.4 Å². The molecule has 0 saturated carbocycles. The molecule has 1 aromatic carbocycles. The van der Waals surface area contributed by atoms with E-state index in [1.807, 2.05) is 13.0 Å². The van der Waals surface area contributed by atoms with E-state index >= 15 is 0 Å². The van der Waals surface area contributed by atoms with Crippen molar-refractivity contribution in [1.82, 2.24) is 25.3 Å². The van der Waals surface area contributed by atoms with Crippen LogP contribution in [0.15, 0.2) is 35.0 Å². The lowest BCUT2D eigenvalue weighted by Gasteiger charge is -2.28. The van der Waals surface area contributed by atoms with Crippen LogP contribution in [0.2, 0.25) is 0 Å². The van der Waals surface area contributed by atoms with Gasteiger partial charge in [-0.25, -0.2) is 0 Å². The maximum atomic E-state index is 13.3. The number of aryl methyl sites for hydroxylation is 1. The third-order valence-electron chi connectivity index (χ3n) is 7.08. The topological polar surface area (TPSA) is 84.6 Å². The smallest absolute Gasteiger partial charge is 0.237 e. The molecule has 35 heavy (non-hydrogen) atoms. The van der Waals surface area contributed by atoms with E-state index in [9.17, 15) is 4.79 Å². The molecule has 0 spiro atoms. The van der Waals surface area contributed by atoms with Gasteiger partial charge in [0.25, 0.3) is 0 Å². The van der Waals surface area contributed by atoms with Crippen molar-refractivity contribution < 1.29 is 14.1 Å². The molecule has 4 heterocycles. The Kier molecular flexibility index (Phi) is 7.22. The molecule has 0 aliphatic carbocycles. The molecule has 2 aromatic heterocycles. The highest BCUT2D eigenvalue weighted by molar-refractivity contribution is 5.90. The zero-order valence-corrected chi connectivity index (χ0v) is 21.0. The van der Waals surface area contributed by atoms with E-state index in [2.05, 4.69) is 63.5 Å². The van der Waals surface area contributed by atoms with Crippen molar-refractivity contribution in [2.24, 2.45) is 5.92 Å². The van der Waals surface area contributed by atoms with Crippen LogP contribution in [0.3, 0.4) is 0 Å². The SMILES string of the molecule is Cc1cc(Cn2cc3c4c(cccc42)[C@H](CC(C)C)N[C@H](C(=O)NCCN2CCOCC2)C3)no1. The van der Waals surface area contributed by atoms with Crippen molar-refractivity contribution in [2.45, 2.75) is 52.2 Å². The molecule has 2 aliphatic heterocycles. The Balaban J connectivity index is 1.39. The molecule has 2 atom stereocenters. The number of nitrogens with one attached hydrogen (secondary N) is 2. The highest BCUT2D eigenvalue weighted by Gasteiger charge is 2.31. The predicted octanol–water partition coefficient (Wildman–Crippen LogP) is 3.04. The lowest BCUT2D eigenvalue weighted by atomic mass is 9.94. The fourth-order valence-electron chi connectivity index (χ4n) is 5.44. The van der Waals surface area contributed by atoms with Crippen LogP contribution in [0.25, 0.3) is 10.9 Å². The molecule has 0 unspecified atom stereocenters. The first-order chi connectivity index (χ1) is 17.0. The van der Waals surface area contributed by atoms with Crippen molar-refractivity contribution in [1.29, 1.82) is 0 Å². The molecule has 188 valence electrons. The average Bonchev–Trinajstić information content (AvgIpc) is 3.36. The number of aromatic nitrogens is 2. The highest BCUT2D eigenvalue weighted by atomic mass is 16.5. The number of hydrogen-bond acceptors (Lipinski definition) is 6. The Hall–Kier alpha value is -2.68. The lowest BCUT2D eigenvalue weighted by Crippen LogP contribution is -2.48. The van der Waals surface area contributed by atoms with Gasteiger partial charge in [-0.1, -0.05) is 31.1 Å². The van der Waals surface area contributed by atoms with Crippen molar-refractivity contribution >= 4 is 16.8 Å². The molecule has 2 aliphatic rings. The Bertz CT molecular complexity index is 1160. The van der Waals surface area contributed by atoms with Crippen LogP contribution in [-0.2, 0) is 22.5 Å². The van der Waals surface area contributed by atoms with Crippen LogP contribution in [0.5, 0.6) is 0 Å². The van der Waals surface area contributed by atoms with E-state index in [1.54, 1.807) is 0 Å². The van der Waals surface area contributed by atoms with Crippen molar-refractivity contribution in [3.05, 3.63) is 53.0 Å². The molecule has 0 radical (unpaired) electrons. The molecule has 1 amide bonds. The molecule has 1 fully saturated rings. The first kappa shape index (κ1) is 24.0. The number of rotatable bonds is 8. The third kappa shape index (κ3) is 5.44. The predicted molar refractivity (Wildman–Crippen MR) is 135 cm³/mol. The van der Waals surface area contributed by atoms with E-state index in [0.29, 0.717) is 25.4 Å². The fourth-order valence-corrected chi connectivity index (χ4v) is 5.44. The minimum Gasteiger partial charge on any atom is -0.379 e. The second-order valence-corrected chi connectivity index (χ2v) is 10.3. The maximum absolute atomic E-state index is 13.3. The van der Waals surface area contributed by atoms with Gasteiger partial charge in [-0.2, -0.15) is 0 Å². The molecule has 1 saturated heterocycles. The number of carbonyl (C=O) groups is 1. The summed E-state index contributed by atoms with van der Waals surface area (Å²) in [4.78, 5) is 15.7. The zero-order chi connectivity index (χ0) is 24.4. The molecule has 8 nitrogen and oxygen atoms in total. The summed E-state index contributed by atoms with van der Waals surface area (Å²) in [5.74, 6) is 1.40. The Morgan fingerprint density at radius 3 is 2.86 bits per heavy atom. The molecule has 0 bridgehead atoms. The van der Waals surface area contributed by atoms with E-state index in [0.717, 1.165) is 50.7 Å². The van der Waals surface area contributed by atoms with Crippen molar-refractivity contribution in [2.75, 3.05) is 39.4 Å². The molecule has 5 rings (SSSR count). The number of ether oxygens (including phenoxy) is 1. The second kappa shape index (κ2) is 10.5. The lowest BCUT2D eigenvalue weighted by molar-refractivity contribution is -0.123. The van der Waals surface area contributed by atoms with Gasteiger partial charge in [0.05, 0.1) is 25.8 Å². The Morgan fingerprint density at radius 2 is 2.11 bits per heavy atom. The summed E-state index contributed by atoms with van der Waals surface area (Å²) < 4.78 is 13.0. The van der Waals surface area contributed by atoms with Gasteiger partial charge in [0.2, 0.25) is 5.91 Å². The van der Waals surface area contributed by atoms with Gasteiger partial charge in [0.1, 0.15) is 11.5 Å². The molecular weight excluding hydrogens is 442 g/mol. The van der Waals surface area contributed by atoms with Gasteiger partial charge in [-0.3, -0.25) is 15.0 Å². The van der Waals surface area contributed by atoms with E-state index in [4.69, 9.17) is 9.26 Å². The summed E-state index contributed by atoms with van der Waals surface area (Å²) in [5.41, 5.74) is 4.58. The highest BCUT2D eigenvalue weighted by Crippen LogP contribution is 2.36. The number of morpholine rings is 1. The van der Waals surface area contributed by atoms with Crippen molar-refractivity contribution in [3.8, 4) is 0 Å². The summed E-state index contributed by atoms with van der Waals surface area (Å²) in [6, 6.07) is 8.35. The van der Waals surface area contributed by atoms with E-state index < -0.39 is 0 Å². The number of amides is 1. The van der Waals surface area contributed by atoms with Crippen LogP contribution >= 0.6 is 0 Å². The van der Waals surface area contributed by atoms with Crippen LogP contribution in [0.4, 0.5) is 0 Å². The number of carbonyl (C=O) groups excluding carboxylic acids is 1. The zero-order valence-electron chi connectivity index (χ0n) is 21.0. The maximum Gasteiger partial charge on any atom is 0.237 e. The summed E-state index contributed by atoms with van der Waals surface area (Å²) in [6.45, 7) is 12.0. The minimum absolute atomic E-state index is 0.0767. The standard InChI is InChI=1S/C27H37N5O3/c1-18(2)13-23-22-5-4-6-25-26(22)20(16-32(25)17-21-14-19(3)35-30-21)15-24(29-23)27(33)28-7-8-31-9-11-34-12-10-31/h4-6,14,16,18,23-24,29H,7-13,15,17H2,1-3H3,(H,28,33)/t23-,24-/m0/s1. The molecule has 2 N–H and O–H groups in total. The van der Waals surface area contributed by atoms with Gasteiger partial charge in [-0.15, -0.1) is 0 Å². The third-order valence-corrected chi connectivity index (χ3v) is 7.08. The summed E-state index contributed by atoms with van der Waals surface area (Å²) in [7, 11) is 0. The fraction of sp³-hybridized carbons (Fsp3) is 0.556. The van der Waals surface area contributed by atoms with Gasteiger partial charge in [-0.05, 0) is 42.9 Å². The monoisotopic (exact) mass is 479 g/mol. The van der Waals surface area contributed by atoms with Crippen LogP contribution in [0, 0.1) is 12.8 Å². The minimum atomic E-state index is -0.274. The normalized spacial score (nSPS) is 20.9. The van der Waals surface area contributed by atoms with E-state index in [1.165, 1.54) is 22.0 Å². The van der Waals surface area contributed by atoms with E-state index in [-0.39, 0.29) is 18.0 Å². The first-order valence-corrected chi connectivity index (χ1v) is 12.8. The van der Waals surface area contributed by atoms with Crippen LogP contribution < -0.4 is 10.6 Å². The summed E-state index contributed by atoms with van der Waals surface area (Å²) in [6.07, 6.45) is 3.84. The summed E-state index contributed by atoms with van der Waals surface area (Å²) in [5, 5.41) is 12.4. The Morgan fingerprint density at radius 1 is 1.29 bits per heavy atom. The first-order valence-electron chi connectivity index (χ1n) is 12.8. The number of nitrogens with zero attached hydrogens (tertiary/aromatic N) is 3. The van der Waals surface area contributed by atoms with Gasteiger partial charge in [0.15, 0.2) is 0 Å². The second-order valence-electron chi connectivity index (χ2n) is 10.3. The van der Waals surface area contributed by atoms with Gasteiger partial charge >= 0.3 is 0 Å². The van der Waals surface area contributed by atoms with Crippen LogP contribution in [-0.4, -0.2) is 66.0 Å². The number of benzene rings is 1. The number of hydrogen-bond donors (Lipinski definition) is 2. The van der Waals surface area contributed by atoms with Crippen LogP contribution in [0.1, 0.15) is 48.9 Å². The van der Waals surface area contributed by atoms with Gasteiger partial charge < -0.3 is 19.1 Å². The quantitative estimate of drug-likeness (QED) is 0.517. The largest absolute Gasteiger partial charge is 0.379 e.